The fourth-order valence-electron chi connectivity index (χ4n) is 0.946. The maximum absolute atomic E-state index is 4.32. The molecule has 0 aliphatic rings. The van der Waals surface area contributed by atoms with E-state index in [4.69, 9.17) is 0 Å². The fourth-order valence-corrected chi connectivity index (χ4v) is 1.82. The molecule has 4 heteroatoms. The molecular weight excluding hydrogens is 170 g/mol. The molecule has 0 N–H and O–H groups in total. The minimum Gasteiger partial charge on any atom is -0.242 e. The zero-order valence-electron chi connectivity index (χ0n) is 6.40. The van der Waals surface area contributed by atoms with E-state index in [-0.39, 0.29) is 0 Å². The summed E-state index contributed by atoms with van der Waals surface area (Å²) in [6.07, 6.45) is 5.91. The van der Waals surface area contributed by atoms with Gasteiger partial charge in [0.15, 0.2) is 0 Å². The quantitative estimate of drug-likeness (QED) is 0.657. The Morgan fingerprint density at radius 2 is 2.50 bits per heavy atom. The predicted octanol–water partition coefficient (Wildman–Crippen LogP) is 1.81. The summed E-state index contributed by atoms with van der Waals surface area (Å²) in [7, 11) is 0. The molecule has 0 aliphatic carbocycles. The molecule has 2 aromatic heterocycles. The largest absolute Gasteiger partial charge is 0.242 e. The van der Waals surface area contributed by atoms with Crippen molar-refractivity contribution in [2.75, 3.05) is 0 Å². The van der Waals surface area contributed by atoms with E-state index in [0.29, 0.717) is 0 Å². The van der Waals surface area contributed by atoms with Crippen molar-refractivity contribution in [3.8, 4) is 0 Å². The van der Waals surface area contributed by atoms with E-state index in [1.54, 1.807) is 17.5 Å². The molecule has 0 bridgehead atoms. The topological polar surface area (TPSA) is 38.7 Å². The van der Waals surface area contributed by atoms with Crippen LogP contribution < -0.4 is 0 Å². The summed E-state index contributed by atoms with van der Waals surface area (Å²) in [5.74, 6) is 0. The first-order chi connectivity index (χ1) is 5.90. The second-order valence-electron chi connectivity index (χ2n) is 2.31. The Hall–Kier alpha value is -1.29. The molecule has 12 heavy (non-hydrogen) atoms. The van der Waals surface area contributed by atoms with Gasteiger partial charge in [-0.05, 0) is 0 Å². The number of nitrogens with zero attached hydrogens (tertiary/aromatic N) is 3. The first kappa shape index (κ1) is 7.36. The molecule has 0 aliphatic heterocycles. The summed E-state index contributed by atoms with van der Waals surface area (Å²) < 4.78 is 0. The molecule has 0 amide bonds. The molecule has 0 atom stereocenters. The van der Waals surface area contributed by atoms with E-state index in [0.717, 1.165) is 21.8 Å². The van der Waals surface area contributed by atoms with Gasteiger partial charge in [-0.3, -0.25) is 0 Å². The third kappa shape index (κ3) is 1.21. The monoisotopic (exact) mass is 177 g/mol. The van der Waals surface area contributed by atoms with Crippen LogP contribution in [0.4, 0.5) is 0 Å². The van der Waals surface area contributed by atoms with Crippen LogP contribution in [0.3, 0.4) is 0 Å². The van der Waals surface area contributed by atoms with Crippen molar-refractivity contribution in [2.45, 2.75) is 6.42 Å². The number of allylic oxidation sites excluding steroid dienone is 1. The average Bonchev–Trinajstić information content (AvgIpc) is 2.47. The lowest BCUT2D eigenvalue weighted by Gasteiger charge is -1.80. The van der Waals surface area contributed by atoms with E-state index in [1.807, 2.05) is 6.08 Å². The number of hydrogen-bond acceptors (Lipinski definition) is 4. The van der Waals surface area contributed by atoms with Crippen LogP contribution in [0, 0.1) is 0 Å². The third-order valence-corrected chi connectivity index (χ3v) is 2.44. The van der Waals surface area contributed by atoms with E-state index in [2.05, 4.69) is 21.5 Å². The lowest BCUT2D eigenvalue weighted by atomic mass is 10.4. The van der Waals surface area contributed by atoms with Gasteiger partial charge in [-0.25, -0.2) is 15.0 Å². The van der Waals surface area contributed by atoms with Gasteiger partial charge < -0.3 is 0 Å². The predicted molar refractivity (Wildman–Crippen MR) is 49.1 cm³/mol. The van der Waals surface area contributed by atoms with Gasteiger partial charge in [0, 0.05) is 6.42 Å². The van der Waals surface area contributed by atoms with E-state index in [1.165, 1.54) is 6.33 Å². The van der Waals surface area contributed by atoms with E-state index in [9.17, 15) is 0 Å². The minimum atomic E-state index is 0.807. The number of rotatable bonds is 2. The summed E-state index contributed by atoms with van der Waals surface area (Å²) in [5.41, 5.74) is 0.874. The highest BCUT2D eigenvalue weighted by molar-refractivity contribution is 7.18. The molecule has 2 rings (SSSR count). The molecule has 2 aromatic rings. The van der Waals surface area contributed by atoms with Crippen LogP contribution in [-0.2, 0) is 6.42 Å². The summed E-state index contributed by atoms with van der Waals surface area (Å²) in [6.45, 7) is 3.66. The van der Waals surface area contributed by atoms with Crippen molar-refractivity contribution in [2.24, 2.45) is 0 Å². The Kier molecular flexibility index (Phi) is 1.83. The maximum Gasteiger partial charge on any atom is 0.146 e. The van der Waals surface area contributed by atoms with Gasteiger partial charge >= 0.3 is 0 Å². The Morgan fingerprint density at radius 1 is 1.58 bits per heavy atom. The molecule has 60 valence electrons. The van der Waals surface area contributed by atoms with Gasteiger partial charge in [0.05, 0.1) is 11.2 Å². The average molecular weight is 177 g/mol. The molecule has 0 radical (unpaired) electrons. The molecule has 0 saturated heterocycles. The lowest BCUT2D eigenvalue weighted by Crippen LogP contribution is -1.77. The van der Waals surface area contributed by atoms with E-state index >= 15 is 0 Å². The second-order valence-corrected chi connectivity index (χ2v) is 3.38. The Bertz CT molecular complexity index is 374. The molecule has 0 saturated carbocycles. The first-order valence-electron chi connectivity index (χ1n) is 3.56. The number of thiazole rings is 1. The van der Waals surface area contributed by atoms with Gasteiger partial charge in [0.2, 0.25) is 0 Å². The van der Waals surface area contributed by atoms with Crippen molar-refractivity contribution >= 4 is 21.7 Å². The highest BCUT2D eigenvalue weighted by atomic mass is 32.1. The highest BCUT2D eigenvalue weighted by Crippen LogP contribution is 2.18. The van der Waals surface area contributed by atoms with Gasteiger partial charge in [-0.1, -0.05) is 17.4 Å². The van der Waals surface area contributed by atoms with Crippen molar-refractivity contribution in [3.05, 3.63) is 30.2 Å². The van der Waals surface area contributed by atoms with Crippen molar-refractivity contribution < 1.29 is 0 Å². The summed E-state index contributed by atoms with van der Waals surface area (Å²) >= 11 is 1.59. The molecule has 0 fully saturated rings. The Morgan fingerprint density at radius 3 is 3.25 bits per heavy atom. The molecule has 3 nitrogen and oxygen atoms in total. The third-order valence-electron chi connectivity index (χ3n) is 1.44. The van der Waals surface area contributed by atoms with Gasteiger partial charge in [-0.15, -0.1) is 6.58 Å². The SMILES string of the molecule is C=CCc1nc2cncnc2s1. The Labute approximate surface area is 73.8 Å². The van der Waals surface area contributed by atoms with Crippen LogP contribution in [0.25, 0.3) is 10.3 Å². The minimum absolute atomic E-state index is 0.807. The maximum atomic E-state index is 4.32. The molecule has 0 unspecified atom stereocenters. The zero-order chi connectivity index (χ0) is 8.39. The molecule has 0 spiro atoms. The summed E-state index contributed by atoms with van der Waals surface area (Å²) in [5, 5.41) is 1.04. The van der Waals surface area contributed by atoms with Crippen LogP contribution >= 0.6 is 11.3 Å². The number of hydrogen-bond donors (Lipinski definition) is 0. The molecule has 0 aromatic carbocycles. The smallest absolute Gasteiger partial charge is 0.146 e. The number of fused-ring (bicyclic) bond motifs is 1. The van der Waals surface area contributed by atoms with Crippen LogP contribution in [0.1, 0.15) is 5.01 Å². The lowest BCUT2D eigenvalue weighted by molar-refractivity contribution is 1.18. The first-order valence-corrected chi connectivity index (χ1v) is 4.38. The zero-order valence-corrected chi connectivity index (χ0v) is 7.21. The Balaban J connectivity index is 2.54. The standard InChI is InChI=1S/C8H7N3S/c1-2-3-7-11-6-4-9-5-10-8(6)12-7/h2,4-5H,1,3H2. The van der Waals surface area contributed by atoms with Crippen LogP contribution in [0.5, 0.6) is 0 Å². The van der Waals surface area contributed by atoms with E-state index < -0.39 is 0 Å². The van der Waals surface area contributed by atoms with Gasteiger partial charge in [-0.2, -0.15) is 0 Å². The normalized spacial score (nSPS) is 10.3. The van der Waals surface area contributed by atoms with Gasteiger partial charge in [0.25, 0.3) is 0 Å². The summed E-state index contributed by atoms with van der Waals surface area (Å²) in [6, 6.07) is 0. The van der Waals surface area contributed by atoms with Crippen molar-refractivity contribution in [3.63, 3.8) is 0 Å². The van der Waals surface area contributed by atoms with Crippen molar-refractivity contribution in [1.82, 2.24) is 15.0 Å². The van der Waals surface area contributed by atoms with Crippen LogP contribution in [0.2, 0.25) is 0 Å². The highest BCUT2D eigenvalue weighted by Gasteiger charge is 2.01. The fraction of sp³-hybridized carbons (Fsp3) is 0.125. The van der Waals surface area contributed by atoms with Gasteiger partial charge in [0.1, 0.15) is 16.7 Å². The van der Waals surface area contributed by atoms with Crippen molar-refractivity contribution in [1.29, 1.82) is 0 Å². The van der Waals surface area contributed by atoms with Crippen LogP contribution in [-0.4, -0.2) is 15.0 Å². The van der Waals surface area contributed by atoms with Crippen LogP contribution in [0.15, 0.2) is 25.2 Å². The second kappa shape index (κ2) is 2.98. The molecule has 2 heterocycles. The molecular formula is C8H7N3S. The number of aromatic nitrogens is 3. The summed E-state index contributed by atoms with van der Waals surface area (Å²) in [4.78, 5) is 13.3.